The number of fused-ring (bicyclic) bond motifs is 2. The predicted molar refractivity (Wildman–Crippen MR) is 92.2 cm³/mol. The molecule has 2 N–H and O–H groups in total. The molecule has 0 aliphatic carbocycles. The summed E-state index contributed by atoms with van der Waals surface area (Å²) in [4.78, 5) is 8.74. The fraction of sp³-hybridized carbons (Fsp3) is 0. The first-order chi connectivity index (χ1) is 11.9. The first-order valence-electron chi connectivity index (χ1n) is 7.58. The van der Waals surface area contributed by atoms with E-state index in [2.05, 4.69) is 42.5 Å². The van der Waals surface area contributed by atoms with Crippen LogP contribution in [0.5, 0.6) is 0 Å². The minimum absolute atomic E-state index is 0.667. The van der Waals surface area contributed by atoms with Gasteiger partial charge in [-0.15, -0.1) is 0 Å². The summed E-state index contributed by atoms with van der Waals surface area (Å²) in [7, 11) is 0. The minimum Gasteiger partial charge on any atom is -0.277 e. The zero-order chi connectivity index (χ0) is 15.9. The quantitative estimate of drug-likeness (QED) is 0.522. The Kier molecular flexibility index (Phi) is 2.69. The van der Waals surface area contributed by atoms with Crippen LogP contribution in [0.2, 0.25) is 0 Å². The Labute approximate surface area is 136 Å². The molecule has 5 rings (SSSR count). The number of para-hydroxylation sites is 1. The Hall–Kier alpha value is -3.54. The number of aromatic amines is 2. The fourth-order valence-corrected chi connectivity index (χ4v) is 2.92. The monoisotopic (exact) mass is 312 g/mol. The highest BCUT2D eigenvalue weighted by atomic mass is 15.2. The van der Waals surface area contributed by atoms with Gasteiger partial charge in [0.15, 0.2) is 5.82 Å². The van der Waals surface area contributed by atoms with Crippen LogP contribution in [0.4, 0.5) is 0 Å². The summed E-state index contributed by atoms with van der Waals surface area (Å²) in [6.07, 6.45) is 3.43. The number of rotatable bonds is 2. The summed E-state index contributed by atoms with van der Waals surface area (Å²) in [6, 6.07) is 16.2. The van der Waals surface area contributed by atoms with Gasteiger partial charge in [0.2, 0.25) is 0 Å². The second-order valence-electron chi connectivity index (χ2n) is 5.57. The van der Waals surface area contributed by atoms with Gasteiger partial charge in [-0.05, 0) is 30.3 Å². The van der Waals surface area contributed by atoms with Gasteiger partial charge in [0, 0.05) is 28.1 Å². The number of benzene rings is 2. The van der Waals surface area contributed by atoms with Crippen LogP contribution in [0.15, 0.2) is 61.1 Å². The molecule has 0 saturated carbocycles. The Balaban J connectivity index is 1.71. The van der Waals surface area contributed by atoms with Gasteiger partial charge in [0.05, 0.1) is 11.0 Å². The van der Waals surface area contributed by atoms with Crippen LogP contribution in [-0.2, 0) is 0 Å². The fourth-order valence-electron chi connectivity index (χ4n) is 2.92. The number of nitrogens with one attached hydrogen (secondary N) is 2. The largest absolute Gasteiger partial charge is 0.277 e. The van der Waals surface area contributed by atoms with E-state index in [1.54, 1.807) is 6.33 Å². The summed E-state index contributed by atoms with van der Waals surface area (Å²) in [6.45, 7) is 0. The highest BCUT2D eigenvalue weighted by Crippen LogP contribution is 2.30. The van der Waals surface area contributed by atoms with E-state index in [0.717, 1.165) is 38.6 Å². The van der Waals surface area contributed by atoms with Gasteiger partial charge in [0.1, 0.15) is 12.0 Å². The lowest BCUT2D eigenvalue weighted by Crippen LogP contribution is -1.84. The van der Waals surface area contributed by atoms with Gasteiger partial charge in [-0.3, -0.25) is 15.2 Å². The van der Waals surface area contributed by atoms with E-state index in [1.165, 1.54) is 0 Å². The standard InChI is InChI=1S/C18H12N6/c1-2-4-15-11(3-1)7-13(9-19-15)17-14-8-12(18-20-10-21-24-18)5-6-16(14)22-23-17/h1-10H,(H,22,23)(H,20,21,24). The Bertz CT molecular complexity index is 1160. The zero-order valence-electron chi connectivity index (χ0n) is 12.6. The van der Waals surface area contributed by atoms with Crippen molar-refractivity contribution < 1.29 is 0 Å². The summed E-state index contributed by atoms with van der Waals surface area (Å²) in [5, 5.41) is 16.6. The van der Waals surface area contributed by atoms with Gasteiger partial charge in [-0.2, -0.15) is 10.2 Å². The number of hydrogen-bond donors (Lipinski definition) is 2. The summed E-state index contributed by atoms with van der Waals surface area (Å²) in [5.41, 5.74) is 4.74. The second kappa shape index (κ2) is 4.99. The first kappa shape index (κ1) is 13.0. The Morgan fingerprint density at radius 1 is 0.833 bits per heavy atom. The van der Waals surface area contributed by atoms with E-state index in [-0.39, 0.29) is 0 Å². The van der Waals surface area contributed by atoms with E-state index < -0.39 is 0 Å². The lowest BCUT2D eigenvalue weighted by Gasteiger charge is -2.02. The van der Waals surface area contributed by atoms with Crippen LogP contribution in [0, 0.1) is 0 Å². The molecule has 6 nitrogen and oxygen atoms in total. The molecule has 0 radical (unpaired) electrons. The molecule has 0 fully saturated rings. The molecule has 0 amide bonds. The third-order valence-corrected chi connectivity index (χ3v) is 4.10. The summed E-state index contributed by atoms with van der Waals surface area (Å²) >= 11 is 0. The molecule has 3 aromatic heterocycles. The Morgan fingerprint density at radius 3 is 2.71 bits per heavy atom. The van der Waals surface area contributed by atoms with Gasteiger partial charge < -0.3 is 0 Å². The minimum atomic E-state index is 0.667. The maximum absolute atomic E-state index is 4.53. The zero-order valence-corrected chi connectivity index (χ0v) is 12.6. The van der Waals surface area contributed by atoms with E-state index in [0.29, 0.717) is 5.82 Å². The van der Waals surface area contributed by atoms with Crippen LogP contribution in [0.1, 0.15) is 0 Å². The normalized spacial score (nSPS) is 11.3. The van der Waals surface area contributed by atoms with Crippen molar-refractivity contribution in [3.05, 3.63) is 61.1 Å². The summed E-state index contributed by atoms with van der Waals surface area (Å²) in [5.74, 6) is 0.667. The van der Waals surface area contributed by atoms with E-state index in [9.17, 15) is 0 Å². The van der Waals surface area contributed by atoms with Crippen molar-refractivity contribution in [1.29, 1.82) is 0 Å². The molecule has 24 heavy (non-hydrogen) atoms. The van der Waals surface area contributed by atoms with Gasteiger partial charge in [-0.1, -0.05) is 18.2 Å². The van der Waals surface area contributed by atoms with Crippen molar-refractivity contribution in [2.24, 2.45) is 0 Å². The molecule has 6 heteroatoms. The Morgan fingerprint density at radius 2 is 1.79 bits per heavy atom. The average molecular weight is 312 g/mol. The lowest BCUT2D eigenvalue weighted by atomic mass is 10.1. The SMILES string of the molecule is c1ccc2ncc(-c3n[nH]c4ccc(-c5nc[nH]n5)cc34)cc2c1. The third-order valence-electron chi connectivity index (χ3n) is 4.10. The molecule has 0 unspecified atom stereocenters. The maximum atomic E-state index is 4.53. The van der Waals surface area contributed by atoms with Crippen LogP contribution in [0.3, 0.4) is 0 Å². The highest BCUT2D eigenvalue weighted by molar-refractivity contribution is 5.96. The average Bonchev–Trinajstić information content (AvgIpc) is 3.30. The molecular formula is C18H12N6. The smallest absolute Gasteiger partial charge is 0.180 e. The first-order valence-corrected chi connectivity index (χ1v) is 7.58. The van der Waals surface area contributed by atoms with Gasteiger partial charge in [0.25, 0.3) is 0 Å². The van der Waals surface area contributed by atoms with E-state index in [1.807, 2.05) is 42.6 Å². The molecule has 0 saturated heterocycles. The van der Waals surface area contributed by atoms with Crippen molar-refractivity contribution in [2.75, 3.05) is 0 Å². The van der Waals surface area contributed by atoms with Crippen LogP contribution < -0.4 is 0 Å². The van der Waals surface area contributed by atoms with Crippen LogP contribution >= 0.6 is 0 Å². The highest BCUT2D eigenvalue weighted by Gasteiger charge is 2.11. The number of aromatic nitrogens is 6. The lowest BCUT2D eigenvalue weighted by molar-refractivity contribution is 1.10. The van der Waals surface area contributed by atoms with E-state index >= 15 is 0 Å². The molecule has 114 valence electrons. The number of hydrogen-bond acceptors (Lipinski definition) is 4. The van der Waals surface area contributed by atoms with Gasteiger partial charge >= 0.3 is 0 Å². The number of H-pyrrole nitrogens is 2. The molecule has 2 aromatic carbocycles. The predicted octanol–water partition coefficient (Wildman–Crippen LogP) is 3.56. The van der Waals surface area contributed by atoms with Crippen molar-refractivity contribution in [3.63, 3.8) is 0 Å². The third kappa shape index (κ3) is 1.97. The van der Waals surface area contributed by atoms with Crippen LogP contribution in [-0.4, -0.2) is 30.4 Å². The topological polar surface area (TPSA) is 83.1 Å². The van der Waals surface area contributed by atoms with Crippen molar-refractivity contribution in [1.82, 2.24) is 30.4 Å². The maximum Gasteiger partial charge on any atom is 0.180 e. The van der Waals surface area contributed by atoms with Crippen molar-refractivity contribution >= 4 is 21.8 Å². The number of nitrogens with zero attached hydrogens (tertiary/aromatic N) is 4. The van der Waals surface area contributed by atoms with E-state index in [4.69, 9.17) is 0 Å². The summed E-state index contributed by atoms with van der Waals surface area (Å²) < 4.78 is 0. The molecule has 0 bridgehead atoms. The second-order valence-corrected chi connectivity index (χ2v) is 5.57. The van der Waals surface area contributed by atoms with Crippen molar-refractivity contribution in [2.45, 2.75) is 0 Å². The van der Waals surface area contributed by atoms with Crippen LogP contribution in [0.25, 0.3) is 44.5 Å². The molecule has 0 aliphatic rings. The number of pyridine rings is 1. The van der Waals surface area contributed by atoms with Crippen molar-refractivity contribution in [3.8, 4) is 22.6 Å². The molecule has 3 heterocycles. The molecule has 0 spiro atoms. The van der Waals surface area contributed by atoms with Gasteiger partial charge in [-0.25, -0.2) is 4.98 Å². The molecule has 0 atom stereocenters. The molecule has 5 aromatic rings. The molecule has 0 aliphatic heterocycles. The molecular weight excluding hydrogens is 300 g/mol.